The van der Waals surface area contributed by atoms with E-state index in [4.69, 9.17) is 12.2 Å². The topological polar surface area (TPSA) is 41.6 Å². The van der Waals surface area contributed by atoms with Crippen LogP contribution in [-0.4, -0.2) is 15.2 Å². The maximum absolute atomic E-state index is 5.33. The van der Waals surface area contributed by atoms with Crippen molar-refractivity contribution in [2.45, 2.75) is 0 Å². The molecule has 2 aromatic carbocycles. The third-order valence-electron chi connectivity index (χ3n) is 3.62. The molecule has 0 fully saturated rings. The van der Waals surface area contributed by atoms with Crippen LogP contribution in [0.15, 0.2) is 60.9 Å². The Hall–Kier alpha value is -2.59. The Balaban J connectivity index is 2.15. The van der Waals surface area contributed by atoms with Gasteiger partial charge in [0.1, 0.15) is 10.3 Å². The van der Waals surface area contributed by atoms with Crippen molar-refractivity contribution in [1.82, 2.24) is 15.2 Å². The molecule has 2 aromatic heterocycles. The highest BCUT2D eigenvalue weighted by Crippen LogP contribution is 2.31. The molecule has 0 spiro atoms. The van der Waals surface area contributed by atoms with Gasteiger partial charge in [-0.05, 0) is 5.39 Å². The van der Waals surface area contributed by atoms with E-state index in [-0.39, 0.29) is 0 Å². The minimum atomic E-state index is 0.655. The predicted octanol–water partition coefficient (Wildman–Crippen LogP) is 4.51. The van der Waals surface area contributed by atoms with Crippen molar-refractivity contribution in [3.8, 4) is 11.3 Å². The minimum Gasteiger partial charge on any atom is -0.267 e. The summed E-state index contributed by atoms with van der Waals surface area (Å²) in [6, 6.07) is 16.2. The molecule has 0 saturated carbocycles. The van der Waals surface area contributed by atoms with Gasteiger partial charge in [0.25, 0.3) is 0 Å². The zero-order chi connectivity index (χ0) is 14.2. The van der Waals surface area contributed by atoms with E-state index in [9.17, 15) is 0 Å². The van der Waals surface area contributed by atoms with Gasteiger partial charge in [0.15, 0.2) is 0 Å². The van der Waals surface area contributed by atoms with Gasteiger partial charge in [-0.3, -0.25) is 10.1 Å². The van der Waals surface area contributed by atoms with Gasteiger partial charge in [0.05, 0.1) is 0 Å². The molecular formula is C17H11N3S. The van der Waals surface area contributed by atoms with Gasteiger partial charge in [0, 0.05) is 34.1 Å². The maximum Gasteiger partial charge on any atom is 0.127 e. The average molecular weight is 289 g/mol. The van der Waals surface area contributed by atoms with Crippen LogP contribution in [0.25, 0.3) is 32.8 Å². The molecule has 0 atom stereocenters. The van der Waals surface area contributed by atoms with Gasteiger partial charge >= 0.3 is 0 Å². The summed E-state index contributed by atoms with van der Waals surface area (Å²) in [5, 5.41) is 11.7. The largest absolute Gasteiger partial charge is 0.267 e. The van der Waals surface area contributed by atoms with E-state index in [1.165, 1.54) is 0 Å². The Kier molecular flexibility index (Phi) is 2.75. The summed E-state index contributed by atoms with van der Waals surface area (Å²) >= 11 is 5.33. The lowest BCUT2D eigenvalue weighted by atomic mass is 10.0. The number of fused-ring (bicyclic) bond motifs is 2. The molecule has 0 aliphatic rings. The first kappa shape index (κ1) is 12.2. The quantitative estimate of drug-likeness (QED) is 0.524. The average Bonchev–Trinajstić information content (AvgIpc) is 2.55. The lowest BCUT2D eigenvalue weighted by Crippen LogP contribution is -1.93. The van der Waals surface area contributed by atoms with Crippen LogP contribution in [0.2, 0.25) is 0 Å². The molecule has 21 heavy (non-hydrogen) atoms. The molecule has 0 amide bonds. The second-order valence-electron chi connectivity index (χ2n) is 4.86. The molecule has 0 unspecified atom stereocenters. The molecule has 4 rings (SSSR count). The van der Waals surface area contributed by atoms with E-state index in [1.54, 1.807) is 0 Å². The number of H-pyrrole nitrogens is 1. The molecule has 100 valence electrons. The Morgan fingerprint density at radius 1 is 0.810 bits per heavy atom. The highest BCUT2D eigenvalue weighted by atomic mass is 32.1. The standard InChI is InChI=1S/C17H11N3S/c21-17-14-8-4-3-7-13(14)16(19-20-17)15-10-18-9-11-5-1-2-6-12(11)15/h1-10H,(H,20,21). The molecule has 4 heteroatoms. The second-order valence-corrected chi connectivity index (χ2v) is 5.26. The Labute approximate surface area is 126 Å². The zero-order valence-corrected chi connectivity index (χ0v) is 11.9. The molecule has 1 N–H and O–H groups in total. The van der Waals surface area contributed by atoms with Gasteiger partial charge < -0.3 is 0 Å². The van der Waals surface area contributed by atoms with E-state index < -0.39 is 0 Å². The number of hydrogen-bond donors (Lipinski definition) is 1. The zero-order valence-electron chi connectivity index (χ0n) is 11.1. The van der Waals surface area contributed by atoms with Crippen LogP contribution in [0, 0.1) is 4.64 Å². The Morgan fingerprint density at radius 3 is 2.38 bits per heavy atom. The lowest BCUT2D eigenvalue weighted by molar-refractivity contribution is 1.04. The minimum absolute atomic E-state index is 0.655. The van der Waals surface area contributed by atoms with Crippen LogP contribution < -0.4 is 0 Å². The Morgan fingerprint density at radius 2 is 1.52 bits per heavy atom. The monoisotopic (exact) mass is 289 g/mol. The first-order valence-electron chi connectivity index (χ1n) is 6.65. The van der Waals surface area contributed by atoms with E-state index >= 15 is 0 Å². The molecule has 0 saturated heterocycles. The molecule has 0 radical (unpaired) electrons. The van der Waals surface area contributed by atoms with Gasteiger partial charge in [-0.15, -0.1) is 0 Å². The third-order valence-corrected chi connectivity index (χ3v) is 3.93. The van der Waals surface area contributed by atoms with Crippen LogP contribution in [0.3, 0.4) is 0 Å². The molecule has 3 nitrogen and oxygen atoms in total. The molecule has 0 aliphatic heterocycles. The van der Waals surface area contributed by atoms with Crippen LogP contribution >= 0.6 is 12.2 Å². The number of benzene rings is 2. The molecule has 0 aliphatic carbocycles. The highest BCUT2D eigenvalue weighted by Gasteiger charge is 2.10. The molecule has 2 heterocycles. The van der Waals surface area contributed by atoms with Crippen molar-refractivity contribution in [2.75, 3.05) is 0 Å². The van der Waals surface area contributed by atoms with Gasteiger partial charge in [0.2, 0.25) is 0 Å². The predicted molar refractivity (Wildman–Crippen MR) is 87.7 cm³/mol. The summed E-state index contributed by atoms with van der Waals surface area (Å²) in [5.74, 6) is 0. The smallest absolute Gasteiger partial charge is 0.127 e. The van der Waals surface area contributed by atoms with Crippen LogP contribution in [0.5, 0.6) is 0 Å². The fourth-order valence-corrected chi connectivity index (χ4v) is 2.85. The maximum atomic E-state index is 5.33. The van der Waals surface area contributed by atoms with Crippen LogP contribution in [0.1, 0.15) is 0 Å². The fourth-order valence-electron chi connectivity index (χ4n) is 2.63. The van der Waals surface area contributed by atoms with E-state index in [2.05, 4.69) is 27.3 Å². The summed E-state index contributed by atoms with van der Waals surface area (Å²) in [6.07, 6.45) is 3.72. The van der Waals surface area contributed by atoms with Crippen molar-refractivity contribution in [3.63, 3.8) is 0 Å². The van der Waals surface area contributed by atoms with Gasteiger partial charge in [-0.1, -0.05) is 60.7 Å². The highest BCUT2D eigenvalue weighted by molar-refractivity contribution is 7.71. The van der Waals surface area contributed by atoms with Gasteiger partial charge in [-0.25, -0.2) is 0 Å². The van der Waals surface area contributed by atoms with Crippen molar-refractivity contribution in [3.05, 3.63) is 65.6 Å². The summed E-state index contributed by atoms with van der Waals surface area (Å²) in [7, 11) is 0. The third kappa shape index (κ3) is 1.92. The molecule has 4 aromatic rings. The number of nitrogens with zero attached hydrogens (tertiary/aromatic N) is 2. The lowest BCUT2D eigenvalue weighted by Gasteiger charge is -2.08. The van der Waals surface area contributed by atoms with E-state index in [1.807, 2.05) is 48.8 Å². The van der Waals surface area contributed by atoms with Crippen molar-refractivity contribution < 1.29 is 0 Å². The first-order chi connectivity index (χ1) is 10.3. The summed E-state index contributed by atoms with van der Waals surface area (Å²) < 4.78 is 0.655. The van der Waals surface area contributed by atoms with E-state index in [0.717, 1.165) is 32.8 Å². The number of pyridine rings is 1. The molecule has 0 bridgehead atoms. The number of nitrogens with one attached hydrogen (secondary N) is 1. The van der Waals surface area contributed by atoms with Crippen molar-refractivity contribution >= 4 is 33.8 Å². The van der Waals surface area contributed by atoms with Gasteiger partial charge in [-0.2, -0.15) is 5.10 Å². The normalized spacial score (nSPS) is 11.0. The SMILES string of the molecule is S=c1[nH]nc(-c2cncc3ccccc23)c2ccccc12. The summed E-state index contributed by atoms with van der Waals surface area (Å²) in [6.45, 7) is 0. The summed E-state index contributed by atoms with van der Waals surface area (Å²) in [5.41, 5.74) is 1.89. The number of hydrogen-bond acceptors (Lipinski definition) is 3. The molecular weight excluding hydrogens is 278 g/mol. The Bertz CT molecular complexity index is 1020. The van der Waals surface area contributed by atoms with Crippen molar-refractivity contribution in [1.29, 1.82) is 0 Å². The number of aromatic nitrogens is 3. The number of rotatable bonds is 1. The van der Waals surface area contributed by atoms with Crippen molar-refractivity contribution in [2.24, 2.45) is 0 Å². The second kappa shape index (κ2) is 4.75. The first-order valence-corrected chi connectivity index (χ1v) is 7.06. The number of aromatic amines is 1. The van der Waals surface area contributed by atoms with E-state index in [0.29, 0.717) is 4.64 Å². The summed E-state index contributed by atoms with van der Waals surface area (Å²) in [4.78, 5) is 4.34. The van der Waals surface area contributed by atoms with Crippen LogP contribution in [0.4, 0.5) is 0 Å². The van der Waals surface area contributed by atoms with Crippen LogP contribution in [-0.2, 0) is 0 Å². The fraction of sp³-hybridized carbons (Fsp3) is 0.